The Hall–Kier alpha value is -2.88. The molecule has 0 heterocycles. The van der Waals surface area contributed by atoms with E-state index < -0.39 is 5.82 Å². The molecule has 0 aromatic heterocycles. The molecule has 0 spiro atoms. The Labute approximate surface area is 127 Å². The summed E-state index contributed by atoms with van der Waals surface area (Å²) in [5.41, 5.74) is 0.936. The molecule has 0 saturated heterocycles. The number of hydrogen-bond donors (Lipinski definition) is 1. The number of ether oxygens (including phenoxy) is 1. The zero-order chi connectivity index (χ0) is 15.5. The molecule has 110 valence electrons. The maximum Gasteiger partial charge on any atom is 0.255 e. The summed E-state index contributed by atoms with van der Waals surface area (Å²) in [6.07, 6.45) is 0. The van der Waals surface area contributed by atoms with E-state index in [9.17, 15) is 9.18 Å². The molecule has 1 amide bonds. The summed E-state index contributed by atoms with van der Waals surface area (Å²) in [5.74, 6) is -0.812. The van der Waals surface area contributed by atoms with Crippen LogP contribution in [0.4, 0.5) is 10.1 Å². The Balaban J connectivity index is 1.92. The van der Waals surface area contributed by atoms with Crippen molar-refractivity contribution in [2.45, 2.75) is 0 Å². The molecule has 0 aliphatic carbocycles. The molecule has 1 N–H and O–H groups in total. The van der Waals surface area contributed by atoms with Crippen LogP contribution in [0.1, 0.15) is 10.4 Å². The van der Waals surface area contributed by atoms with Gasteiger partial charge < -0.3 is 10.1 Å². The number of hydrogen-bond acceptors (Lipinski definition) is 2. The summed E-state index contributed by atoms with van der Waals surface area (Å²) in [6, 6.07) is 17.5. The molecule has 0 aliphatic heterocycles. The molecular weight excluding hydrogens is 281 g/mol. The van der Waals surface area contributed by atoms with Crippen molar-refractivity contribution in [2.75, 3.05) is 12.4 Å². The largest absolute Gasteiger partial charge is 0.494 e. The van der Waals surface area contributed by atoms with Gasteiger partial charge in [0.15, 0.2) is 11.6 Å². The predicted octanol–water partition coefficient (Wildman–Crippen LogP) is 4.24. The summed E-state index contributed by atoms with van der Waals surface area (Å²) in [4.78, 5) is 12.3. The smallest absolute Gasteiger partial charge is 0.255 e. The Morgan fingerprint density at radius 3 is 2.59 bits per heavy atom. The highest BCUT2D eigenvalue weighted by Gasteiger charge is 2.11. The van der Waals surface area contributed by atoms with E-state index in [2.05, 4.69) is 5.32 Å². The molecule has 0 radical (unpaired) electrons. The fraction of sp³-hybridized carbons (Fsp3) is 0.0556. The van der Waals surface area contributed by atoms with Gasteiger partial charge in [-0.05, 0) is 29.7 Å². The van der Waals surface area contributed by atoms with Crippen molar-refractivity contribution in [1.29, 1.82) is 0 Å². The van der Waals surface area contributed by atoms with Gasteiger partial charge in [-0.25, -0.2) is 4.39 Å². The molecule has 3 nitrogen and oxygen atoms in total. The second-order valence-corrected chi connectivity index (χ2v) is 4.83. The molecule has 4 heteroatoms. The van der Waals surface area contributed by atoms with E-state index in [-0.39, 0.29) is 17.2 Å². The first-order valence-electron chi connectivity index (χ1n) is 6.81. The quantitative estimate of drug-likeness (QED) is 0.785. The number of methoxy groups -OCH3 is 1. The predicted molar refractivity (Wildman–Crippen MR) is 84.9 cm³/mol. The van der Waals surface area contributed by atoms with Crippen molar-refractivity contribution >= 4 is 22.4 Å². The highest BCUT2D eigenvalue weighted by atomic mass is 19.1. The lowest BCUT2D eigenvalue weighted by molar-refractivity contribution is 0.102. The monoisotopic (exact) mass is 295 g/mol. The number of nitrogens with one attached hydrogen (secondary N) is 1. The molecule has 0 saturated carbocycles. The first-order valence-corrected chi connectivity index (χ1v) is 6.81. The lowest BCUT2D eigenvalue weighted by Gasteiger charge is -2.09. The van der Waals surface area contributed by atoms with Gasteiger partial charge in [-0.3, -0.25) is 4.79 Å². The lowest BCUT2D eigenvalue weighted by Crippen LogP contribution is -2.12. The summed E-state index contributed by atoms with van der Waals surface area (Å²) in [6.45, 7) is 0. The second-order valence-electron chi connectivity index (χ2n) is 4.83. The number of carbonyl (C=O) groups excluding carboxylic acids is 1. The highest BCUT2D eigenvalue weighted by molar-refractivity contribution is 6.09. The van der Waals surface area contributed by atoms with E-state index in [1.807, 2.05) is 42.5 Å². The Bertz CT molecular complexity index is 840. The lowest BCUT2D eigenvalue weighted by atomic mass is 10.1. The van der Waals surface area contributed by atoms with Crippen LogP contribution in [-0.4, -0.2) is 13.0 Å². The van der Waals surface area contributed by atoms with E-state index >= 15 is 0 Å². The van der Waals surface area contributed by atoms with Crippen LogP contribution in [0, 0.1) is 5.82 Å². The fourth-order valence-corrected chi connectivity index (χ4v) is 2.34. The van der Waals surface area contributed by atoms with Gasteiger partial charge in [0, 0.05) is 16.6 Å². The van der Waals surface area contributed by atoms with Crippen LogP contribution in [0.25, 0.3) is 10.8 Å². The van der Waals surface area contributed by atoms with Gasteiger partial charge in [-0.2, -0.15) is 0 Å². The third-order valence-electron chi connectivity index (χ3n) is 3.45. The molecule has 0 bridgehead atoms. The van der Waals surface area contributed by atoms with Crippen molar-refractivity contribution in [3.05, 3.63) is 72.0 Å². The standard InChI is InChI=1S/C18H14FNO2/c1-22-17-10-9-13(11-15(17)19)18(21)20-16-8-4-6-12-5-2-3-7-14(12)16/h2-11H,1H3,(H,20,21). The number of anilines is 1. The van der Waals surface area contributed by atoms with Gasteiger partial charge in [-0.1, -0.05) is 36.4 Å². The maximum absolute atomic E-state index is 13.7. The maximum atomic E-state index is 13.7. The molecule has 0 aliphatic rings. The molecule has 0 atom stereocenters. The molecule has 22 heavy (non-hydrogen) atoms. The number of carbonyl (C=O) groups is 1. The SMILES string of the molecule is COc1ccc(C(=O)Nc2cccc3ccccc23)cc1F. The van der Waals surface area contributed by atoms with Crippen molar-refractivity contribution in [1.82, 2.24) is 0 Å². The van der Waals surface area contributed by atoms with Crippen LogP contribution in [-0.2, 0) is 0 Å². The van der Waals surface area contributed by atoms with Crippen molar-refractivity contribution in [3.63, 3.8) is 0 Å². The molecule has 3 rings (SSSR count). The Morgan fingerprint density at radius 1 is 1.05 bits per heavy atom. The highest BCUT2D eigenvalue weighted by Crippen LogP contribution is 2.24. The van der Waals surface area contributed by atoms with Crippen molar-refractivity contribution < 1.29 is 13.9 Å². The van der Waals surface area contributed by atoms with Gasteiger partial charge in [0.1, 0.15) is 0 Å². The molecular formula is C18H14FNO2. The van der Waals surface area contributed by atoms with E-state index in [4.69, 9.17) is 4.74 Å². The van der Waals surface area contributed by atoms with Gasteiger partial charge in [0.2, 0.25) is 0 Å². The van der Waals surface area contributed by atoms with Crippen LogP contribution in [0.3, 0.4) is 0 Å². The van der Waals surface area contributed by atoms with E-state index in [1.54, 1.807) is 0 Å². The van der Waals surface area contributed by atoms with Crippen LogP contribution in [0.2, 0.25) is 0 Å². The Morgan fingerprint density at radius 2 is 1.82 bits per heavy atom. The zero-order valence-corrected chi connectivity index (χ0v) is 12.0. The number of halogens is 1. The summed E-state index contributed by atoms with van der Waals surface area (Å²) < 4.78 is 18.5. The average molecular weight is 295 g/mol. The van der Waals surface area contributed by atoms with E-state index in [0.717, 1.165) is 10.8 Å². The van der Waals surface area contributed by atoms with Gasteiger partial charge in [0.25, 0.3) is 5.91 Å². The third kappa shape index (κ3) is 2.63. The van der Waals surface area contributed by atoms with Crippen molar-refractivity contribution in [3.8, 4) is 5.75 Å². The number of rotatable bonds is 3. The molecule has 3 aromatic carbocycles. The molecule has 0 unspecified atom stereocenters. The number of amides is 1. The minimum absolute atomic E-state index is 0.113. The van der Waals surface area contributed by atoms with E-state index in [1.165, 1.54) is 25.3 Å². The third-order valence-corrected chi connectivity index (χ3v) is 3.45. The van der Waals surface area contributed by atoms with Gasteiger partial charge in [0.05, 0.1) is 7.11 Å². The van der Waals surface area contributed by atoms with Crippen LogP contribution >= 0.6 is 0 Å². The first-order chi connectivity index (χ1) is 10.7. The van der Waals surface area contributed by atoms with Crippen LogP contribution in [0.15, 0.2) is 60.7 Å². The summed E-state index contributed by atoms with van der Waals surface area (Å²) in [5, 5.41) is 4.79. The van der Waals surface area contributed by atoms with Crippen molar-refractivity contribution in [2.24, 2.45) is 0 Å². The van der Waals surface area contributed by atoms with Gasteiger partial charge >= 0.3 is 0 Å². The molecule has 3 aromatic rings. The second kappa shape index (κ2) is 5.85. The molecule has 0 fully saturated rings. The first kappa shape index (κ1) is 14.1. The summed E-state index contributed by atoms with van der Waals surface area (Å²) >= 11 is 0. The average Bonchev–Trinajstić information content (AvgIpc) is 2.55. The van der Waals surface area contributed by atoms with Crippen LogP contribution < -0.4 is 10.1 Å². The minimum Gasteiger partial charge on any atom is -0.494 e. The van der Waals surface area contributed by atoms with Gasteiger partial charge in [-0.15, -0.1) is 0 Å². The summed E-state index contributed by atoms with van der Waals surface area (Å²) in [7, 11) is 1.38. The fourth-order valence-electron chi connectivity index (χ4n) is 2.34. The normalized spacial score (nSPS) is 10.5. The topological polar surface area (TPSA) is 38.3 Å². The van der Waals surface area contributed by atoms with E-state index in [0.29, 0.717) is 5.69 Å². The number of benzene rings is 3. The van der Waals surface area contributed by atoms with Crippen LogP contribution in [0.5, 0.6) is 5.75 Å². The minimum atomic E-state index is -0.562. The number of fused-ring (bicyclic) bond motifs is 1. The zero-order valence-electron chi connectivity index (χ0n) is 12.0. The Kier molecular flexibility index (Phi) is 3.74.